The van der Waals surface area contributed by atoms with Crippen molar-refractivity contribution in [2.24, 2.45) is 0 Å². The standard InChI is InChI=1S/C10H19NO4/c1-10(2,6-12)11-5-7-3-4-8(15-7)9(13)14/h7-8,11-12H,3-6H2,1-2H3,(H,13,14). The van der Waals surface area contributed by atoms with Gasteiger partial charge in [0.15, 0.2) is 6.10 Å². The number of carboxylic acids is 1. The predicted octanol–water partition coefficient (Wildman–Crippen LogP) is -0.0209. The zero-order valence-electron chi connectivity index (χ0n) is 9.19. The summed E-state index contributed by atoms with van der Waals surface area (Å²) < 4.78 is 5.32. The molecule has 88 valence electrons. The van der Waals surface area contributed by atoms with E-state index in [9.17, 15) is 4.79 Å². The molecule has 0 aromatic carbocycles. The Morgan fingerprint density at radius 2 is 2.20 bits per heavy atom. The van der Waals surface area contributed by atoms with Gasteiger partial charge in [-0.15, -0.1) is 0 Å². The highest BCUT2D eigenvalue weighted by atomic mass is 16.5. The smallest absolute Gasteiger partial charge is 0.332 e. The van der Waals surface area contributed by atoms with Crippen molar-refractivity contribution in [1.82, 2.24) is 5.32 Å². The summed E-state index contributed by atoms with van der Waals surface area (Å²) in [6.45, 7) is 4.40. The minimum absolute atomic E-state index is 0.0437. The van der Waals surface area contributed by atoms with Gasteiger partial charge in [0.2, 0.25) is 0 Å². The zero-order chi connectivity index (χ0) is 11.5. The molecule has 0 amide bonds. The summed E-state index contributed by atoms with van der Waals surface area (Å²) in [5, 5.41) is 20.9. The normalized spacial score (nSPS) is 26.9. The van der Waals surface area contributed by atoms with Gasteiger partial charge in [-0.1, -0.05) is 0 Å². The van der Waals surface area contributed by atoms with Crippen LogP contribution in [0, 0.1) is 0 Å². The maximum Gasteiger partial charge on any atom is 0.332 e. The molecule has 5 heteroatoms. The molecule has 1 heterocycles. The molecule has 5 nitrogen and oxygen atoms in total. The maximum absolute atomic E-state index is 10.6. The van der Waals surface area contributed by atoms with Crippen LogP contribution >= 0.6 is 0 Å². The third-order valence-electron chi connectivity index (χ3n) is 2.59. The van der Waals surface area contributed by atoms with E-state index in [4.69, 9.17) is 14.9 Å². The van der Waals surface area contributed by atoms with Crippen molar-refractivity contribution >= 4 is 5.97 Å². The van der Waals surface area contributed by atoms with Crippen LogP contribution in [0.3, 0.4) is 0 Å². The molecule has 1 aliphatic rings. The van der Waals surface area contributed by atoms with Gasteiger partial charge in [-0.25, -0.2) is 4.79 Å². The quantitative estimate of drug-likeness (QED) is 0.603. The molecule has 1 aliphatic heterocycles. The number of nitrogens with one attached hydrogen (secondary N) is 1. The van der Waals surface area contributed by atoms with Crippen molar-refractivity contribution in [2.75, 3.05) is 13.2 Å². The Hall–Kier alpha value is -0.650. The predicted molar refractivity (Wildman–Crippen MR) is 54.7 cm³/mol. The molecule has 0 saturated carbocycles. The highest BCUT2D eigenvalue weighted by molar-refractivity contribution is 5.72. The summed E-state index contributed by atoms with van der Waals surface area (Å²) in [6, 6.07) is 0. The Kier molecular flexibility index (Phi) is 4.07. The fourth-order valence-corrected chi connectivity index (χ4v) is 1.48. The van der Waals surface area contributed by atoms with Crippen molar-refractivity contribution in [3.05, 3.63) is 0 Å². The molecule has 0 aliphatic carbocycles. The number of aliphatic hydroxyl groups excluding tert-OH is 1. The molecular weight excluding hydrogens is 198 g/mol. The van der Waals surface area contributed by atoms with E-state index in [0.717, 1.165) is 6.42 Å². The number of ether oxygens (including phenoxy) is 1. The second-order valence-electron chi connectivity index (χ2n) is 4.59. The van der Waals surface area contributed by atoms with E-state index >= 15 is 0 Å². The van der Waals surface area contributed by atoms with E-state index in [2.05, 4.69) is 5.32 Å². The van der Waals surface area contributed by atoms with Gasteiger partial charge in [0, 0.05) is 12.1 Å². The van der Waals surface area contributed by atoms with E-state index in [0.29, 0.717) is 13.0 Å². The van der Waals surface area contributed by atoms with Crippen molar-refractivity contribution in [3.8, 4) is 0 Å². The molecule has 2 atom stereocenters. The maximum atomic E-state index is 10.6. The van der Waals surface area contributed by atoms with Gasteiger partial charge in [0.05, 0.1) is 12.7 Å². The van der Waals surface area contributed by atoms with Crippen LogP contribution in [-0.2, 0) is 9.53 Å². The van der Waals surface area contributed by atoms with E-state index in [1.165, 1.54) is 0 Å². The number of hydrogen-bond donors (Lipinski definition) is 3. The van der Waals surface area contributed by atoms with Gasteiger partial charge in [-0.3, -0.25) is 0 Å². The monoisotopic (exact) mass is 217 g/mol. The number of carboxylic acid groups (broad SMARTS) is 1. The summed E-state index contributed by atoms with van der Waals surface area (Å²) in [5.74, 6) is -0.890. The van der Waals surface area contributed by atoms with Crippen molar-refractivity contribution < 1.29 is 19.7 Å². The van der Waals surface area contributed by atoms with Crippen LogP contribution in [-0.4, -0.2) is 47.1 Å². The Labute approximate surface area is 89.4 Å². The average Bonchev–Trinajstić information content (AvgIpc) is 2.63. The number of aliphatic carboxylic acids is 1. The van der Waals surface area contributed by atoms with Gasteiger partial charge in [0.25, 0.3) is 0 Å². The first-order valence-electron chi connectivity index (χ1n) is 5.19. The molecule has 0 aromatic rings. The molecule has 0 aromatic heterocycles. The van der Waals surface area contributed by atoms with Crippen molar-refractivity contribution in [3.63, 3.8) is 0 Å². The lowest BCUT2D eigenvalue weighted by atomic mass is 10.1. The molecule has 0 radical (unpaired) electrons. The van der Waals surface area contributed by atoms with Crippen molar-refractivity contribution in [1.29, 1.82) is 0 Å². The lowest BCUT2D eigenvalue weighted by Crippen LogP contribution is -2.46. The van der Waals surface area contributed by atoms with Crippen LogP contribution in [0.4, 0.5) is 0 Å². The van der Waals surface area contributed by atoms with Crippen LogP contribution in [0.1, 0.15) is 26.7 Å². The van der Waals surface area contributed by atoms with Crippen LogP contribution in [0.25, 0.3) is 0 Å². The Bertz CT molecular complexity index is 229. The largest absolute Gasteiger partial charge is 0.479 e. The van der Waals surface area contributed by atoms with Gasteiger partial charge in [0.1, 0.15) is 0 Å². The van der Waals surface area contributed by atoms with E-state index < -0.39 is 12.1 Å². The molecule has 3 N–H and O–H groups in total. The van der Waals surface area contributed by atoms with E-state index in [-0.39, 0.29) is 18.2 Å². The molecule has 0 spiro atoms. The topological polar surface area (TPSA) is 78.8 Å². The fraction of sp³-hybridized carbons (Fsp3) is 0.900. The summed E-state index contributed by atoms with van der Waals surface area (Å²) in [7, 11) is 0. The second kappa shape index (κ2) is 4.92. The Balaban J connectivity index is 2.28. The molecule has 1 fully saturated rings. The highest BCUT2D eigenvalue weighted by Crippen LogP contribution is 2.19. The van der Waals surface area contributed by atoms with Crippen LogP contribution in [0.15, 0.2) is 0 Å². The van der Waals surface area contributed by atoms with Gasteiger partial charge in [-0.2, -0.15) is 0 Å². The number of hydrogen-bond acceptors (Lipinski definition) is 4. The lowest BCUT2D eigenvalue weighted by molar-refractivity contribution is -0.149. The van der Waals surface area contributed by atoms with E-state index in [1.54, 1.807) is 0 Å². The third kappa shape index (κ3) is 3.77. The fourth-order valence-electron chi connectivity index (χ4n) is 1.48. The van der Waals surface area contributed by atoms with Crippen LogP contribution in [0.5, 0.6) is 0 Å². The minimum Gasteiger partial charge on any atom is -0.479 e. The Morgan fingerprint density at radius 3 is 2.67 bits per heavy atom. The summed E-state index contributed by atoms with van der Waals surface area (Å²) in [6.07, 6.45) is 0.609. The Morgan fingerprint density at radius 1 is 1.53 bits per heavy atom. The minimum atomic E-state index is -0.890. The average molecular weight is 217 g/mol. The second-order valence-corrected chi connectivity index (χ2v) is 4.59. The first-order valence-corrected chi connectivity index (χ1v) is 5.19. The molecule has 15 heavy (non-hydrogen) atoms. The summed E-state index contributed by atoms with van der Waals surface area (Å²) in [5.41, 5.74) is -0.343. The first-order chi connectivity index (χ1) is 6.94. The van der Waals surface area contributed by atoms with Crippen molar-refractivity contribution in [2.45, 2.75) is 44.4 Å². The molecule has 0 bridgehead atoms. The third-order valence-corrected chi connectivity index (χ3v) is 2.59. The van der Waals surface area contributed by atoms with Gasteiger partial charge in [-0.05, 0) is 26.7 Å². The summed E-state index contributed by atoms with van der Waals surface area (Å²) in [4.78, 5) is 10.6. The molecule has 1 rings (SSSR count). The summed E-state index contributed by atoms with van der Waals surface area (Å²) >= 11 is 0. The first kappa shape index (κ1) is 12.4. The van der Waals surface area contributed by atoms with Gasteiger partial charge >= 0.3 is 5.97 Å². The van der Waals surface area contributed by atoms with Crippen LogP contribution < -0.4 is 5.32 Å². The molecule has 1 saturated heterocycles. The van der Waals surface area contributed by atoms with Gasteiger partial charge < -0.3 is 20.3 Å². The van der Waals surface area contributed by atoms with Crippen LogP contribution in [0.2, 0.25) is 0 Å². The lowest BCUT2D eigenvalue weighted by Gasteiger charge is -2.25. The number of carbonyl (C=O) groups is 1. The molecule has 2 unspecified atom stereocenters. The zero-order valence-corrected chi connectivity index (χ0v) is 9.19. The SMILES string of the molecule is CC(C)(CO)NCC1CCC(C(=O)O)O1. The highest BCUT2D eigenvalue weighted by Gasteiger charge is 2.31. The number of aliphatic hydroxyl groups is 1. The number of rotatable bonds is 5. The molecular formula is C10H19NO4. The van der Waals surface area contributed by atoms with E-state index in [1.807, 2.05) is 13.8 Å².